The molecule has 0 saturated heterocycles. The highest BCUT2D eigenvalue weighted by Crippen LogP contribution is 2.14. The van der Waals surface area contributed by atoms with Gasteiger partial charge in [-0.05, 0) is 31.2 Å². The largest absolute Gasteiger partial charge is 0.409 e. The minimum atomic E-state index is -0.410. The van der Waals surface area contributed by atoms with Crippen molar-refractivity contribution in [3.05, 3.63) is 35.1 Å². The fourth-order valence-electron chi connectivity index (χ4n) is 1.91. The van der Waals surface area contributed by atoms with Gasteiger partial charge in [0.15, 0.2) is 5.84 Å². The smallest absolute Gasteiger partial charge is 0.170 e. The maximum absolute atomic E-state index is 13.3. The van der Waals surface area contributed by atoms with Gasteiger partial charge in [-0.3, -0.25) is 4.90 Å². The topological polar surface area (TPSA) is 71.1 Å². The number of nitrogens with zero attached hydrogens (tertiary/aromatic N) is 2. The van der Waals surface area contributed by atoms with Crippen molar-refractivity contribution in [3.63, 3.8) is 0 Å². The lowest BCUT2D eigenvalue weighted by molar-refractivity contribution is 0.113. The van der Waals surface area contributed by atoms with E-state index >= 15 is 0 Å². The molecule has 5 nitrogen and oxygen atoms in total. The van der Waals surface area contributed by atoms with E-state index in [1.807, 2.05) is 13.8 Å². The van der Waals surface area contributed by atoms with E-state index in [0.29, 0.717) is 25.3 Å². The van der Waals surface area contributed by atoms with E-state index in [1.165, 1.54) is 12.1 Å². The Morgan fingerprint density at radius 2 is 2.20 bits per heavy atom. The van der Waals surface area contributed by atoms with Crippen LogP contribution < -0.4 is 5.73 Å². The Kier molecular flexibility index (Phi) is 6.97. The Morgan fingerprint density at radius 1 is 1.45 bits per heavy atom. The normalized spacial score (nSPS) is 12.1. The number of hydrogen-bond acceptors (Lipinski definition) is 4. The van der Waals surface area contributed by atoms with Crippen molar-refractivity contribution in [2.75, 3.05) is 26.3 Å². The van der Waals surface area contributed by atoms with Gasteiger partial charge in [0.25, 0.3) is 0 Å². The number of likely N-dealkylation sites (N-methyl/N-ethyl adjacent to an activating group) is 1. The number of ether oxygens (including phenoxy) is 1. The summed E-state index contributed by atoms with van der Waals surface area (Å²) in [6.07, 6.45) is 0. The molecule has 1 aromatic rings. The van der Waals surface area contributed by atoms with Gasteiger partial charge in [0.1, 0.15) is 5.82 Å². The van der Waals surface area contributed by atoms with Crippen molar-refractivity contribution in [1.29, 1.82) is 0 Å². The molecule has 0 fully saturated rings. The molecule has 0 spiro atoms. The highest BCUT2D eigenvalue weighted by atomic mass is 19.1. The van der Waals surface area contributed by atoms with Crippen LogP contribution in [0.4, 0.5) is 4.39 Å². The van der Waals surface area contributed by atoms with E-state index in [1.54, 1.807) is 6.07 Å². The first-order valence-electron chi connectivity index (χ1n) is 6.68. The van der Waals surface area contributed by atoms with Crippen LogP contribution in [0, 0.1) is 5.82 Å². The summed E-state index contributed by atoms with van der Waals surface area (Å²) in [7, 11) is 0. The quantitative estimate of drug-likeness (QED) is 0.251. The van der Waals surface area contributed by atoms with Gasteiger partial charge in [0, 0.05) is 25.3 Å². The first kappa shape index (κ1) is 16.4. The van der Waals surface area contributed by atoms with Gasteiger partial charge in [-0.25, -0.2) is 4.39 Å². The second kappa shape index (κ2) is 8.50. The minimum Gasteiger partial charge on any atom is -0.409 e. The van der Waals surface area contributed by atoms with Crippen LogP contribution in [0.1, 0.15) is 25.0 Å². The average Bonchev–Trinajstić information content (AvgIpc) is 2.47. The van der Waals surface area contributed by atoms with Gasteiger partial charge in [-0.1, -0.05) is 18.1 Å². The zero-order valence-corrected chi connectivity index (χ0v) is 12.0. The molecule has 0 saturated carbocycles. The summed E-state index contributed by atoms with van der Waals surface area (Å²) in [5, 5.41) is 11.7. The lowest BCUT2D eigenvalue weighted by Gasteiger charge is -2.21. The molecule has 0 aliphatic carbocycles. The Morgan fingerprint density at radius 3 is 2.80 bits per heavy atom. The lowest BCUT2D eigenvalue weighted by atomic mass is 10.1. The summed E-state index contributed by atoms with van der Waals surface area (Å²) < 4.78 is 18.6. The number of oxime groups is 1. The molecule has 6 heteroatoms. The Bertz CT molecular complexity index is 452. The molecule has 0 aliphatic heterocycles. The van der Waals surface area contributed by atoms with Crippen LogP contribution in [0.2, 0.25) is 0 Å². The molecule has 1 aromatic carbocycles. The van der Waals surface area contributed by atoms with Crippen LogP contribution in [0.15, 0.2) is 23.4 Å². The Balaban J connectivity index is 2.84. The zero-order chi connectivity index (χ0) is 15.0. The fourth-order valence-corrected chi connectivity index (χ4v) is 1.91. The monoisotopic (exact) mass is 283 g/mol. The molecular weight excluding hydrogens is 261 g/mol. The average molecular weight is 283 g/mol. The minimum absolute atomic E-state index is 0.0830. The van der Waals surface area contributed by atoms with Crippen molar-refractivity contribution in [1.82, 2.24) is 4.90 Å². The SMILES string of the molecule is CCOCCN(CC)Cc1ccc(F)cc1C(N)=NO. The van der Waals surface area contributed by atoms with Crippen LogP contribution in [0.25, 0.3) is 0 Å². The van der Waals surface area contributed by atoms with Gasteiger partial charge in [-0.15, -0.1) is 0 Å². The van der Waals surface area contributed by atoms with Crippen molar-refractivity contribution in [2.24, 2.45) is 10.9 Å². The van der Waals surface area contributed by atoms with E-state index in [2.05, 4.69) is 10.1 Å². The standard InChI is InChI=1S/C14H22FN3O2/c1-3-18(7-8-20-4-2)10-11-5-6-12(15)9-13(11)14(16)17-19/h5-6,9,19H,3-4,7-8,10H2,1-2H3,(H2,16,17). The molecule has 0 bridgehead atoms. The highest BCUT2D eigenvalue weighted by molar-refractivity contribution is 5.98. The molecule has 3 N–H and O–H groups in total. The summed E-state index contributed by atoms with van der Waals surface area (Å²) >= 11 is 0. The van der Waals surface area contributed by atoms with Crippen molar-refractivity contribution in [2.45, 2.75) is 20.4 Å². The fraction of sp³-hybridized carbons (Fsp3) is 0.500. The molecule has 0 aromatic heterocycles. The van der Waals surface area contributed by atoms with Gasteiger partial charge >= 0.3 is 0 Å². The molecule has 1 rings (SSSR count). The Labute approximate surface area is 118 Å². The maximum atomic E-state index is 13.3. The summed E-state index contributed by atoms with van der Waals surface area (Å²) in [4.78, 5) is 2.15. The third-order valence-electron chi connectivity index (χ3n) is 3.05. The predicted molar refractivity (Wildman–Crippen MR) is 76.4 cm³/mol. The van der Waals surface area contributed by atoms with Crippen molar-refractivity contribution in [3.8, 4) is 0 Å². The molecule has 0 amide bonds. The number of halogens is 1. The molecule has 0 unspecified atom stereocenters. The van der Waals surface area contributed by atoms with E-state index in [0.717, 1.165) is 18.7 Å². The summed E-state index contributed by atoms with van der Waals surface area (Å²) in [6.45, 7) is 7.52. The lowest BCUT2D eigenvalue weighted by Crippen LogP contribution is -2.28. The zero-order valence-electron chi connectivity index (χ0n) is 12.0. The second-order valence-corrected chi connectivity index (χ2v) is 4.35. The van der Waals surface area contributed by atoms with E-state index in [9.17, 15) is 4.39 Å². The molecule has 0 radical (unpaired) electrons. The highest BCUT2D eigenvalue weighted by Gasteiger charge is 2.12. The molecule has 112 valence electrons. The van der Waals surface area contributed by atoms with Crippen LogP contribution in [-0.4, -0.2) is 42.2 Å². The van der Waals surface area contributed by atoms with Gasteiger partial charge in [0.2, 0.25) is 0 Å². The number of rotatable bonds is 8. The molecular formula is C14H22FN3O2. The van der Waals surface area contributed by atoms with E-state index < -0.39 is 5.82 Å². The third-order valence-corrected chi connectivity index (χ3v) is 3.05. The summed E-state index contributed by atoms with van der Waals surface area (Å²) in [5.74, 6) is -0.493. The first-order valence-corrected chi connectivity index (χ1v) is 6.68. The van der Waals surface area contributed by atoms with Gasteiger partial charge < -0.3 is 15.7 Å². The van der Waals surface area contributed by atoms with Crippen molar-refractivity contribution >= 4 is 5.84 Å². The summed E-state index contributed by atoms with van der Waals surface area (Å²) in [5.41, 5.74) is 6.83. The van der Waals surface area contributed by atoms with Gasteiger partial charge in [0.05, 0.1) is 6.61 Å². The molecule has 20 heavy (non-hydrogen) atoms. The van der Waals surface area contributed by atoms with Crippen LogP contribution in [0.3, 0.4) is 0 Å². The molecule has 0 aliphatic rings. The maximum Gasteiger partial charge on any atom is 0.170 e. The number of hydrogen-bond donors (Lipinski definition) is 2. The second-order valence-electron chi connectivity index (χ2n) is 4.35. The Hall–Kier alpha value is -1.66. The first-order chi connectivity index (χ1) is 9.62. The number of nitrogens with two attached hydrogens (primary N) is 1. The molecule has 0 heterocycles. The van der Waals surface area contributed by atoms with Crippen LogP contribution in [-0.2, 0) is 11.3 Å². The third kappa shape index (κ3) is 4.79. The van der Waals surface area contributed by atoms with Crippen LogP contribution >= 0.6 is 0 Å². The van der Waals surface area contributed by atoms with Gasteiger partial charge in [-0.2, -0.15) is 0 Å². The predicted octanol–water partition coefficient (Wildman–Crippen LogP) is 1.78. The molecule has 0 atom stereocenters. The van der Waals surface area contributed by atoms with Crippen molar-refractivity contribution < 1.29 is 14.3 Å². The van der Waals surface area contributed by atoms with E-state index in [-0.39, 0.29) is 5.84 Å². The summed E-state index contributed by atoms with van der Waals surface area (Å²) in [6, 6.07) is 4.31. The van der Waals surface area contributed by atoms with E-state index in [4.69, 9.17) is 15.7 Å². The number of amidine groups is 1. The van der Waals surface area contributed by atoms with Crippen LogP contribution in [0.5, 0.6) is 0 Å². The number of benzene rings is 1.